The Labute approximate surface area is 136 Å². The maximum Gasteiger partial charge on any atom is 0.334 e. The fraction of sp³-hybridized carbons (Fsp3) is 0.625. The number of ether oxygens (including phenoxy) is 1. The standard InChI is InChI=1S/C16H22ClN3O2/c1-15(2,3)22-14(21)16-10-18-7-6-11(16)9-20(16)12-4-5-13(17)19-8-12/h4-5,8,11,18H,6-7,9-10H2,1-3H3/t11-,16-/m1/s1. The van der Waals surface area contributed by atoms with Crippen LogP contribution in [-0.2, 0) is 9.53 Å². The molecule has 2 saturated heterocycles. The monoisotopic (exact) mass is 323 g/mol. The number of rotatable bonds is 2. The van der Waals surface area contributed by atoms with Gasteiger partial charge in [-0.1, -0.05) is 11.6 Å². The van der Waals surface area contributed by atoms with Crippen molar-refractivity contribution >= 4 is 23.3 Å². The number of pyridine rings is 1. The number of aromatic nitrogens is 1. The van der Waals surface area contributed by atoms with Gasteiger partial charge in [-0.05, 0) is 45.9 Å². The molecule has 0 amide bonds. The van der Waals surface area contributed by atoms with Crippen molar-refractivity contribution in [1.29, 1.82) is 0 Å². The van der Waals surface area contributed by atoms with Gasteiger partial charge in [0.1, 0.15) is 10.8 Å². The van der Waals surface area contributed by atoms with Gasteiger partial charge in [0.05, 0.1) is 11.9 Å². The summed E-state index contributed by atoms with van der Waals surface area (Å²) in [6, 6.07) is 3.66. The third kappa shape index (κ3) is 2.57. The third-order valence-electron chi connectivity index (χ3n) is 4.40. The van der Waals surface area contributed by atoms with Crippen LogP contribution in [0.15, 0.2) is 18.3 Å². The predicted molar refractivity (Wildman–Crippen MR) is 86.1 cm³/mol. The minimum absolute atomic E-state index is 0.154. The Bertz CT molecular complexity index is 570. The molecule has 22 heavy (non-hydrogen) atoms. The highest BCUT2D eigenvalue weighted by molar-refractivity contribution is 6.29. The quantitative estimate of drug-likeness (QED) is 0.668. The van der Waals surface area contributed by atoms with E-state index < -0.39 is 11.1 Å². The van der Waals surface area contributed by atoms with Gasteiger partial charge in [-0.2, -0.15) is 0 Å². The molecule has 0 unspecified atom stereocenters. The molecule has 0 spiro atoms. The van der Waals surface area contributed by atoms with Crippen molar-refractivity contribution in [2.24, 2.45) is 5.92 Å². The van der Waals surface area contributed by atoms with Crippen LogP contribution in [0.2, 0.25) is 5.15 Å². The average Bonchev–Trinajstić information content (AvgIpc) is 2.40. The van der Waals surface area contributed by atoms with Crippen molar-refractivity contribution in [2.75, 3.05) is 24.5 Å². The van der Waals surface area contributed by atoms with Crippen LogP contribution in [0.4, 0.5) is 5.69 Å². The van der Waals surface area contributed by atoms with Crippen LogP contribution >= 0.6 is 11.6 Å². The highest BCUT2D eigenvalue weighted by atomic mass is 35.5. The van der Waals surface area contributed by atoms with E-state index in [4.69, 9.17) is 16.3 Å². The largest absolute Gasteiger partial charge is 0.458 e. The average molecular weight is 324 g/mol. The molecule has 0 radical (unpaired) electrons. The van der Waals surface area contributed by atoms with E-state index in [1.54, 1.807) is 12.3 Å². The number of carbonyl (C=O) groups is 1. The summed E-state index contributed by atoms with van der Waals surface area (Å²) < 4.78 is 5.71. The maximum absolute atomic E-state index is 12.9. The molecule has 0 saturated carbocycles. The number of carbonyl (C=O) groups excluding carboxylic acids is 1. The van der Waals surface area contributed by atoms with Gasteiger partial charge >= 0.3 is 5.97 Å². The van der Waals surface area contributed by atoms with Crippen molar-refractivity contribution in [2.45, 2.75) is 38.3 Å². The third-order valence-corrected chi connectivity index (χ3v) is 4.62. The van der Waals surface area contributed by atoms with Crippen LogP contribution in [0.1, 0.15) is 27.2 Å². The summed E-state index contributed by atoms with van der Waals surface area (Å²) in [5, 5.41) is 3.80. The molecule has 2 aliphatic heterocycles. The number of esters is 1. The highest BCUT2D eigenvalue weighted by Gasteiger charge is 2.61. The first-order valence-electron chi connectivity index (χ1n) is 7.66. The molecule has 1 N–H and O–H groups in total. The molecule has 0 aromatic carbocycles. The first-order chi connectivity index (χ1) is 10.3. The maximum atomic E-state index is 12.9. The van der Waals surface area contributed by atoms with Gasteiger partial charge in [0.2, 0.25) is 0 Å². The molecule has 3 rings (SSSR count). The first kappa shape index (κ1) is 15.6. The van der Waals surface area contributed by atoms with Crippen LogP contribution in [0, 0.1) is 5.92 Å². The molecule has 120 valence electrons. The SMILES string of the molecule is CC(C)(C)OC(=O)[C@@]12CNCC[C@@H]1CN2c1ccc(Cl)nc1. The second-order valence-corrected chi connectivity index (χ2v) is 7.43. The summed E-state index contributed by atoms with van der Waals surface area (Å²) in [4.78, 5) is 19.1. The fourth-order valence-electron chi connectivity index (χ4n) is 3.35. The van der Waals surface area contributed by atoms with E-state index in [2.05, 4.69) is 15.2 Å². The number of nitrogens with one attached hydrogen (secondary N) is 1. The lowest BCUT2D eigenvalue weighted by molar-refractivity contribution is -0.168. The number of nitrogens with zero attached hydrogens (tertiary/aromatic N) is 2. The van der Waals surface area contributed by atoms with Crippen molar-refractivity contribution in [3.05, 3.63) is 23.5 Å². The molecule has 2 aliphatic rings. The smallest absolute Gasteiger partial charge is 0.334 e. The Morgan fingerprint density at radius 2 is 2.27 bits per heavy atom. The summed E-state index contributed by atoms with van der Waals surface area (Å²) in [5.74, 6) is 0.165. The Kier molecular flexibility index (Phi) is 3.81. The molecule has 0 bridgehead atoms. The number of fused-ring (bicyclic) bond motifs is 1. The molecule has 5 nitrogen and oxygen atoms in total. The van der Waals surface area contributed by atoms with Crippen LogP contribution in [0.25, 0.3) is 0 Å². The molecule has 1 aromatic heterocycles. The Morgan fingerprint density at radius 3 is 2.86 bits per heavy atom. The van der Waals surface area contributed by atoms with E-state index >= 15 is 0 Å². The van der Waals surface area contributed by atoms with Crippen LogP contribution in [0.3, 0.4) is 0 Å². The Balaban J connectivity index is 1.91. The summed E-state index contributed by atoms with van der Waals surface area (Å²) in [5.41, 5.74) is -0.204. The lowest BCUT2D eigenvalue weighted by atomic mass is 9.69. The second kappa shape index (κ2) is 5.39. The van der Waals surface area contributed by atoms with Crippen molar-refractivity contribution in [1.82, 2.24) is 10.3 Å². The topological polar surface area (TPSA) is 54.5 Å². The highest BCUT2D eigenvalue weighted by Crippen LogP contribution is 2.44. The number of hydrogen-bond donors (Lipinski definition) is 1. The number of halogens is 1. The fourth-order valence-corrected chi connectivity index (χ4v) is 3.46. The van der Waals surface area contributed by atoms with Gasteiger partial charge in [-0.25, -0.2) is 9.78 Å². The van der Waals surface area contributed by atoms with E-state index in [0.717, 1.165) is 25.2 Å². The summed E-state index contributed by atoms with van der Waals surface area (Å²) in [7, 11) is 0. The van der Waals surface area contributed by atoms with Gasteiger partial charge in [-0.3, -0.25) is 0 Å². The Morgan fingerprint density at radius 1 is 1.50 bits per heavy atom. The van der Waals surface area contributed by atoms with Gasteiger partial charge in [0.25, 0.3) is 0 Å². The molecule has 0 aliphatic carbocycles. The molecule has 3 heterocycles. The van der Waals surface area contributed by atoms with Crippen LogP contribution < -0.4 is 10.2 Å². The van der Waals surface area contributed by atoms with Gasteiger partial charge in [0.15, 0.2) is 5.54 Å². The number of anilines is 1. The number of hydrogen-bond acceptors (Lipinski definition) is 5. The van der Waals surface area contributed by atoms with E-state index in [0.29, 0.717) is 17.6 Å². The first-order valence-corrected chi connectivity index (χ1v) is 8.04. The molecule has 1 aromatic rings. The van der Waals surface area contributed by atoms with E-state index in [-0.39, 0.29) is 5.97 Å². The summed E-state index contributed by atoms with van der Waals surface area (Å²) >= 11 is 5.87. The molecular weight excluding hydrogens is 302 g/mol. The zero-order valence-corrected chi connectivity index (χ0v) is 14.0. The molecule has 2 atom stereocenters. The zero-order valence-electron chi connectivity index (χ0n) is 13.2. The minimum Gasteiger partial charge on any atom is -0.458 e. The Hall–Kier alpha value is -1.33. The number of piperidine rings is 1. The second-order valence-electron chi connectivity index (χ2n) is 7.04. The summed E-state index contributed by atoms with van der Waals surface area (Å²) in [6.45, 7) is 8.11. The van der Waals surface area contributed by atoms with Gasteiger partial charge < -0.3 is 15.0 Å². The van der Waals surface area contributed by atoms with Crippen LogP contribution in [-0.4, -0.2) is 41.7 Å². The molecular formula is C16H22ClN3O2. The van der Waals surface area contributed by atoms with Crippen molar-refractivity contribution in [3.8, 4) is 0 Å². The molecule has 6 heteroatoms. The van der Waals surface area contributed by atoms with Crippen LogP contribution in [0.5, 0.6) is 0 Å². The van der Waals surface area contributed by atoms with Gasteiger partial charge in [0, 0.05) is 19.0 Å². The van der Waals surface area contributed by atoms with E-state index in [1.807, 2.05) is 26.8 Å². The van der Waals surface area contributed by atoms with Crippen molar-refractivity contribution < 1.29 is 9.53 Å². The summed E-state index contributed by atoms with van der Waals surface area (Å²) in [6.07, 6.45) is 2.70. The van der Waals surface area contributed by atoms with E-state index in [1.165, 1.54) is 0 Å². The molecule has 2 fully saturated rings. The van der Waals surface area contributed by atoms with Crippen molar-refractivity contribution in [3.63, 3.8) is 0 Å². The normalized spacial score (nSPS) is 27.8. The van der Waals surface area contributed by atoms with E-state index in [9.17, 15) is 4.79 Å². The lowest BCUT2D eigenvalue weighted by Gasteiger charge is -2.60. The lowest BCUT2D eigenvalue weighted by Crippen LogP contribution is -2.78. The minimum atomic E-state index is -0.624. The zero-order chi connectivity index (χ0) is 16.0. The predicted octanol–water partition coefficient (Wildman–Crippen LogP) is 2.25. The van der Waals surface area contributed by atoms with Gasteiger partial charge in [-0.15, -0.1) is 0 Å².